The highest BCUT2D eigenvalue weighted by atomic mass is 16.8. The van der Waals surface area contributed by atoms with Gasteiger partial charge in [0.2, 0.25) is 5.79 Å². The Morgan fingerprint density at radius 2 is 1.52 bits per heavy atom. The van der Waals surface area contributed by atoms with E-state index in [9.17, 15) is 4.79 Å². The molecule has 3 unspecified atom stereocenters. The van der Waals surface area contributed by atoms with E-state index in [1.54, 1.807) is 19.9 Å². The van der Waals surface area contributed by atoms with Gasteiger partial charge in [-0.2, -0.15) is 0 Å². The quantitative estimate of drug-likeness (QED) is 0.299. The summed E-state index contributed by atoms with van der Waals surface area (Å²) < 4.78 is 22.1. The topological polar surface area (TPSA) is 54.0 Å². The molecule has 0 aliphatic carbocycles. The molecular weight excluding hydrogens is 368 g/mol. The number of hydrogen-bond acceptors (Lipinski definition) is 5. The van der Waals surface area contributed by atoms with Gasteiger partial charge >= 0.3 is 5.97 Å². The second-order valence-electron chi connectivity index (χ2n) is 7.36. The number of ether oxygens (including phenoxy) is 4. The number of allylic oxidation sites excluding steroid dienone is 2. The molecule has 0 amide bonds. The number of esters is 1. The fourth-order valence-electron chi connectivity index (χ4n) is 2.94. The number of hydrogen-bond donors (Lipinski definition) is 0. The molecule has 29 heavy (non-hydrogen) atoms. The van der Waals surface area contributed by atoms with Crippen LogP contribution in [0.25, 0.3) is 0 Å². The van der Waals surface area contributed by atoms with E-state index in [-0.39, 0.29) is 0 Å². The highest BCUT2D eigenvalue weighted by Gasteiger charge is 2.57. The van der Waals surface area contributed by atoms with Gasteiger partial charge in [-0.1, -0.05) is 56.3 Å². The second-order valence-corrected chi connectivity index (χ2v) is 7.36. The van der Waals surface area contributed by atoms with Crippen LogP contribution in [0.3, 0.4) is 0 Å². The van der Waals surface area contributed by atoms with Crippen molar-refractivity contribution in [1.29, 1.82) is 0 Å². The van der Waals surface area contributed by atoms with Crippen LogP contribution in [-0.4, -0.2) is 37.9 Å². The van der Waals surface area contributed by atoms with E-state index in [1.165, 1.54) is 33.5 Å². The Balaban J connectivity index is 2.25. The molecule has 3 atom stereocenters. The first kappa shape index (κ1) is 25.2. The van der Waals surface area contributed by atoms with Crippen LogP contribution >= 0.6 is 0 Å². The SMILES string of the molecule is CCCCCC#C/C=C/C#CCCCCCC1OC(C)(OC)C(C)(OC)OC1=O. The molecule has 0 aromatic carbocycles. The molecule has 0 aromatic heterocycles. The Hall–Kier alpha value is -1.79. The van der Waals surface area contributed by atoms with E-state index in [2.05, 4.69) is 30.6 Å². The van der Waals surface area contributed by atoms with Crippen molar-refractivity contribution in [3.63, 3.8) is 0 Å². The highest BCUT2D eigenvalue weighted by molar-refractivity contribution is 5.75. The standard InChI is InChI=1S/C24H36O5/c1-6-7-8-9-10-11-12-13-14-15-16-17-18-19-20-21-22(25)29-24(3,27-5)23(2,26-4)28-21/h12-13,21H,6-9,16-20H2,1-5H3/b13-12+. The molecule has 1 aliphatic heterocycles. The Bertz CT molecular complexity index is 648. The zero-order valence-corrected chi connectivity index (χ0v) is 18.6. The maximum atomic E-state index is 12.2. The van der Waals surface area contributed by atoms with Crippen molar-refractivity contribution in [2.45, 2.75) is 96.2 Å². The molecule has 0 radical (unpaired) electrons. The lowest BCUT2D eigenvalue weighted by Gasteiger charge is -2.47. The largest absolute Gasteiger partial charge is 0.425 e. The molecule has 1 aliphatic rings. The zero-order valence-electron chi connectivity index (χ0n) is 18.6. The normalized spacial score (nSPS) is 26.4. The maximum Gasteiger partial charge on any atom is 0.338 e. The van der Waals surface area contributed by atoms with Gasteiger partial charge in [-0.15, -0.1) is 0 Å². The summed E-state index contributed by atoms with van der Waals surface area (Å²) in [6.45, 7) is 5.54. The van der Waals surface area contributed by atoms with Crippen LogP contribution in [0.4, 0.5) is 0 Å². The Morgan fingerprint density at radius 3 is 2.07 bits per heavy atom. The first-order valence-electron chi connectivity index (χ1n) is 10.5. The van der Waals surface area contributed by atoms with Crippen LogP contribution in [0.1, 0.15) is 78.6 Å². The van der Waals surface area contributed by atoms with Gasteiger partial charge in [0.05, 0.1) is 0 Å². The summed E-state index contributed by atoms with van der Waals surface area (Å²) in [4.78, 5) is 12.2. The molecular formula is C24H36O5. The van der Waals surface area contributed by atoms with Gasteiger partial charge in [-0.25, -0.2) is 4.79 Å². The van der Waals surface area contributed by atoms with Crippen molar-refractivity contribution in [3.8, 4) is 23.7 Å². The molecule has 1 heterocycles. The predicted octanol–water partition coefficient (Wildman–Crippen LogP) is 4.75. The van der Waals surface area contributed by atoms with E-state index in [0.717, 1.165) is 32.1 Å². The average Bonchev–Trinajstić information content (AvgIpc) is 2.71. The molecule has 0 N–H and O–H groups in total. The molecule has 0 bridgehead atoms. The minimum absolute atomic E-state index is 0.412. The average molecular weight is 405 g/mol. The number of rotatable bonds is 10. The molecule has 1 fully saturated rings. The summed E-state index contributed by atoms with van der Waals surface area (Å²) in [6, 6.07) is 0. The Morgan fingerprint density at radius 1 is 0.931 bits per heavy atom. The van der Waals surface area contributed by atoms with Crippen molar-refractivity contribution in [2.24, 2.45) is 0 Å². The van der Waals surface area contributed by atoms with Crippen LogP contribution < -0.4 is 0 Å². The van der Waals surface area contributed by atoms with Crippen LogP contribution in [0.5, 0.6) is 0 Å². The van der Waals surface area contributed by atoms with Crippen LogP contribution in [0, 0.1) is 23.7 Å². The highest BCUT2D eigenvalue weighted by Crippen LogP contribution is 2.38. The number of cyclic esters (lactones) is 1. The fourth-order valence-corrected chi connectivity index (χ4v) is 2.94. The summed E-state index contributed by atoms with van der Waals surface area (Å²) in [5.41, 5.74) is 0. The summed E-state index contributed by atoms with van der Waals surface area (Å²) in [6.07, 6.45) is 11.8. The molecule has 0 saturated carbocycles. The van der Waals surface area contributed by atoms with Gasteiger partial charge in [0.25, 0.3) is 5.79 Å². The molecule has 0 aromatic rings. The van der Waals surface area contributed by atoms with Crippen LogP contribution in [0.2, 0.25) is 0 Å². The number of carbonyl (C=O) groups excluding carboxylic acids is 1. The monoisotopic (exact) mass is 404 g/mol. The van der Waals surface area contributed by atoms with Gasteiger partial charge in [0.15, 0.2) is 6.10 Å². The Labute approximate surface area is 176 Å². The minimum atomic E-state index is -1.27. The lowest BCUT2D eigenvalue weighted by atomic mass is 10.0. The smallest absolute Gasteiger partial charge is 0.338 e. The molecule has 1 rings (SSSR count). The molecule has 5 heteroatoms. The van der Waals surface area contributed by atoms with Crippen LogP contribution in [0.15, 0.2) is 12.2 Å². The lowest BCUT2D eigenvalue weighted by Crippen LogP contribution is -2.64. The van der Waals surface area contributed by atoms with E-state index < -0.39 is 23.6 Å². The van der Waals surface area contributed by atoms with Crippen LogP contribution in [-0.2, 0) is 23.7 Å². The van der Waals surface area contributed by atoms with Gasteiger partial charge in [-0.05, 0) is 38.3 Å². The molecule has 162 valence electrons. The van der Waals surface area contributed by atoms with Gasteiger partial charge in [-0.3, -0.25) is 0 Å². The van der Waals surface area contributed by atoms with E-state index >= 15 is 0 Å². The zero-order chi connectivity index (χ0) is 21.6. The van der Waals surface area contributed by atoms with Gasteiger partial charge < -0.3 is 18.9 Å². The third kappa shape index (κ3) is 8.23. The molecule has 0 spiro atoms. The summed E-state index contributed by atoms with van der Waals surface area (Å²) >= 11 is 0. The Kier molecular flexibility index (Phi) is 11.7. The summed E-state index contributed by atoms with van der Waals surface area (Å²) in [5, 5.41) is 0. The number of methoxy groups -OCH3 is 2. The van der Waals surface area contributed by atoms with Crippen molar-refractivity contribution in [3.05, 3.63) is 12.2 Å². The van der Waals surface area contributed by atoms with E-state index in [4.69, 9.17) is 18.9 Å². The first-order valence-corrected chi connectivity index (χ1v) is 10.5. The van der Waals surface area contributed by atoms with Gasteiger partial charge in [0, 0.05) is 34.0 Å². The lowest BCUT2D eigenvalue weighted by molar-refractivity contribution is -0.406. The summed E-state index contributed by atoms with van der Waals surface area (Å²) in [7, 11) is 2.98. The third-order valence-electron chi connectivity index (χ3n) is 5.16. The maximum absolute atomic E-state index is 12.2. The second kappa shape index (κ2) is 13.4. The first-order chi connectivity index (χ1) is 13.9. The molecule has 5 nitrogen and oxygen atoms in total. The van der Waals surface area contributed by atoms with Gasteiger partial charge in [0.1, 0.15) is 0 Å². The van der Waals surface area contributed by atoms with Crippen molar-refractivity contribution < 1.29 is 23.7 Å². The van der Waals surface area contributed by atoms with Crippen molar-refractivity contribution in [1.82, 2.24) is 0 Å². The fraction of sp³-hybridized carbons (Fsp3) is 0.708. The van der Waals surface area contributed by atoms with Crippen molar-refractivity contribution in [2.75, 3.05) is 14.2 Å². The number of carbonyl (C=O) groups is 1. The third-order valence-corrected chi connectivity index (χ3v) is 5.16. The van der Waals surface area contributed by atoms with E-state index in [0.29, 0.717) is 6.42 Å². The molecule has 1 saturated heterocycles. The minimum Gasteiger partial charge on any atom is -0.425 e. The predicted molar refractivity (Wildman–Crippen MR) is 114 cm³/mol. The van der Waals surface area contributed by atoms with E-state index in [1.807, 2.05) is 6.08 Å². The van der Waals surface area contributed by atoms with Crippen molar-refractivity contribution >= 4 is 5.97 Å². The summed E-state index contributed by atoms with van der Waals surface area (Å²) in [5.74, 6) is 9.44. The number of unbranched alkanes of at least 4 members (excludes halogenated alkanes) is 6.